The zero-order valence-electron chi connectivity index (χ0n) is 13.1. The number of carbonyl (C=O) groups is 1. The van der Waals surface area contributed by atoms with Gasteiger partial charge < -0.3 is 4.90 Å². The van der Waals surface area contributed by atoms with Crippen LogP contribution in [0.15, 0.2) is 83.5 Å². The first-order valence-electron chi connectivity index (χ1n) is 7.86. The van der Waals surface area contributed by atoms with Crippen molar-refractivity contribution in [1.29, 1.82) is 0 Å². The molecule has 0 atom stereocenters. The van der Waals surface area contributed by atoms with E-state index in [0.717, 1.165) is 34.2 Å². The minimum atomic E-state index is 0.126. The lowest BCUT2D eigenvalue weighted by atomic mass is 10.1. The first kappa shape index (κ1) is 15.0. The molecule has 0 fully saturated rings. The van der Waals surface area contributed by atoms with E-state index in [4.69, 9.17) is 4.99 Å². The number of hydrogen-bond donors (Lipinski definition) is 0. The van der Waals surface area contributed by atoms with Crippen molar-refractivity contribution in [2.75, 3.05) is 17.2 Å². The molecule has 2 heterocycles. The van der Waals surface area contributed by atoms with Gasteiger partial charge in [-0.05, 0) is 18.2 Å². The molecule has 2 aliphatic heterocycles. The quantitative estimate of drug-likeness (QED) is 0.770. The molecule has 0 spiro atoms. The number of benzene rings is 2. The summed E-state index contributed by atoms with van der Waals surface area (Å²) in [7, 11) is 0. The maximum atomic E-state index is 12.4. The highest BCUT2D eigenvalue weighted by Crippen LogP contribution is 2.39. The van der Waals surface area contributed by atoms with Gasteiger partial charge in [0.2, 0.25) is 0 Å². The van der Waals surface area contributed by atoms with Gasteiger partial charge in [0.1, 0.15) is 5.04 Å². The number of hydrogen-bond acceptors (Lipinski definition) is 4. The summed E-state index contributed by atoms with van der Waals surface area (Å²) in [6.07, 6.45) is 6.25. The molecule has 3 nitrogen and oxygen atoms in total. The number of para-hydroxylation sites is 2. The molecule has 0 amide bonds. The maximum Gasteiger partial charge on any atom is 0.173 e. The molecule has 0 radical (unpaired) electrons. The Hall–Kier alpha value is -2.59. The standard InChI is InChI=1S/C20H16N2OS/c23-19(15-8-2-1-3-9-15)14-24-20-18-12-6-7-13-22(18)17-11-5-4-10-16(17)21-20/h1-12H,13-14H2. The number of carbonyl (C=O) groups excluding carboxylic acids is 1. The molecule has 4 heteroatoms. The highest BCUT2D eigenvalue weighted by Gasteiger charge is 2.25. The second-order valence-corrected chi connectivity index (χ2v) is 6.54. The van der Waals surface area contributed by atoms with E-state index < -0.39 is 0 Å². The van der Waals surface area contributed by atoms with Gasteiger partial charge in [-0.1, -0.05) is 66.4 Å². The van der Waals surface area contributed by atoms with E-state index in [9.17, 15) is 4.79 Å². The normalized spacial score (nSPS) is 15.2. The average Bonchev–Trinajstić information content (AvgIpc) is 2.66. The third kappa shape index (κ3) is 2.81. The van der Waals surface area contributed by atoms with Crippen molar-refractivity contribution in [3.05, 3.63) is 84.1 Å². The number of nitrogens with zero attached hydrogens (tertiary/aromatic N) is 2. The van der Waals surface area contributed by atoms with Crippen LogP contribution in [-0.4, -0.2) is 23.1 Å². The second-order valence-electron chi connectivity index (χ2n) is 5.57. The molecule has 0 bridgehead atoms. The smallest absolute Gasteiger partial charge is 0.173 e. The lowest BCUT2D eigenvalue weighted by molar-refractivity contribution is 0.102. The van der Waals surface area contributed by atoms with E-state index in [1.54, 1.807) is 0 Å². The zero-order chi connectivity index (χ0) is 16.4. The maximum absolute atomic E-state index is 12.4. The molecular weight excluding hydrogens is 316 g/mol. The van der Waals surface area contributed by atoms with Gasteiger partial charge in [0, 0.05) is 12.1 Å². The van der Waals surface area contributed by atoms with Gasteiger partial charge in [-0.2, -0.15) is 0 Å². The summed E-state index contributed by atoms with van der Waals surface area (Å²) in [6.45, 7) is 0.828. The molecule has 2 aromatic carbocycles. The summed E-state index contributed by atoms with van der Waals surface area (Å²) >= 11 is 1.51. The first-order valence-corrected chi connectivity index (χ1v) is 8.85. The molecule has 0 saturated carbocycles. The Morgan fingerprint density at radius 3 is 2.75 bits per heavy atom. The Morgan fingerprint density at radius 1 is 1.08 bits per heavy atom. The summed E-state index contributed by atoms with van der Waals surface area (Å²) in [5, 5.41) is 0.905. The Kier molecular flexibility index (Phi) is 4.05. The summed E-state index contributed by atoms with van der Waals surface area (Å²) < 4.78 is 0. The molecule has 2 aromatic rings. The highest BCUT2D eigenvalue weighted by atomic mass is 32.2. The second kappa shape index (κ2) is 6.49. The SMILES string of the molecule is O=C(CSC1=Nc2ccccc2N2CC=CC=C12)c1ccccc1. The van der Waals surface area contributed by atoms with Crippen LogP contribution in [0.5, 0.6) is 0 Å². The Balaban J connectivity index is 1.60. The van der Waals surface area contributed by atoms with Crippen LogP contribution in [0.3, 0.4) is 0 Å². The van der Waals surface area contributed by atoms with Crippen LogP contribution in [0.2, 0.25) is 0 Å². The van der Waals surface area contributed by atoms with Crippen molar-refractivity contribution in [3.8, 4) is 0 Å². The fourth-order valence-corrected chi connectivity index (χ4v) is 3.75. The summed E-state index contributed by atoms with van der Waals surface area (Å²) in [6, 6.07) is 17.5. The van der Waals surface area contributed by atoms with Gasteiger partial charge in [0.05, 0.1) is 22.8 Å². The number of aliphatic imine (C=N–C) groups is 1. The van der Waals surface area contributed by atoms with Crippen molar-refractivity contribution < 1.29 is 4.79 Å². The topological polar surface area (TPSA) is 32.7 Å². The first-order chi connectivity index (χ1) is 11.8. The van der Waals surface area contributed by atoms with Gasteiger partial charge in [0.25, 0.3) is 0 Å². The van der Waals surface area contributed by atoms with Crippen LogP contribution in [0, 0.1) is 0 Å². The molecule has 118 valence electrons. The van der Waals surface area contributed by atoms with E-state index >= 15 is 0 Å². The molecule has 2 aliphatic rings. The number of fused-ring (bicyclic) bond motifs is 3. The fraction of sp³-hybridized carbons (Fsp3) is 0.100. The van der Waals surface area contributed by atoms with Crippen molar-refractivity contribution >= 4 is 34.0 Å². The zero-order valence-corrected chi connectivity index (χ0v) is 13.9. The monoisotopic (exact) mass is 332 g/mol. The predicted octanol–water partition coefficient (Wildman–Crippen LogP) is 4.61. The number of thioether (sulfide) groups is 1. The predicted molar refractivity (Wildman–Crippen MR) is 101 cm³/mol. The molecular formula is C20H16N2OS. The van der Waals surface area contributed by atoms with Crippen molar-refractivity contribution in [3.63, 3.8) is 0 Å². The lowest BCUT2D eigenvalue weighted by Crippen LogP contribution is -2.30. The minimum absolute atomic E-state index is 0.126. The summed E-state index contributed by atoms with van der Waals surface area (Å²) in [4.78, 5) is 19.4. The van der Waals surface area contributed by atoms with Crippen LogP contribution < -0.4 is 4.90 Å². The van der Waals surface area contributed by atoms with Crippen LogP contribution in [0.4, 0.5) is 11.4 Å². The van der Waals surface area contributed by atoms with E-state index in [1.807, 2.05) is 48.5 Å². The van der Waals surface area contributed by atoms with Crippen molar-refractivity contribution in [2.24, 2.45) is 4.99 Å². The van der Waals surface area contributed by atoms with Crippen LogP contribution in [0.25, 0.3) is 0 Å². The lowest BCUT2D eigenvalue weighted by Gasteiger charge is -2.33. The Bertz CT molecular complexity index is 868. The molecule has 0 saturated heterocycles. The number of allylic oxidation sites excluding steroid dienone is 2. The summed E-state index contributed by atoms with van der Waals surface area (Å²) in [5.74, 6) is 0.514. The Labute approximate surface area is 145 Å². The average molecular weight is 332 g/mol. The molecule has 0 unspecified atom stereocenters. The largest absolute Gasteiger partial charge is 0.334 e. The van der Waals surface area contributed by atoms with E-state index in [0.29, 0.717) is 5.75 Å². The molecule has 0 aliphatic carbocycles. The van der Waals surface area contributed by atoms with Gasteiger partial charge in [-0.3, -0.25) is 4.79 Å². The van der Waals surface area contributed by atoms with Crippen LogP contribution in [0.1, 0.15) is 10.4 Å². The third-order valence-electron chi connectivity index (χ3n) is 4.02. The van der Waals surface area contributed by atoms with Crippen LogP contribution in [-0.2, 0) is 0 Å². The minimum Gasteiger partial charge on any atom is -0.334 e. The van der Waals surface area contributed by atoms with E-state index in [1.165, 1.54) is 11.8 Å². The highest BCUT2D eigenvalue weighted by molar-refractivity contribution is 8.15. The third-order valence-corrected chi connectivity index (χ3v) is 5.00. The van der Waals surface area contributed by atoms with Gasteiger partial charge in [-0.15, -0.1) is 0 Å². The van der Waals surface area contributed by atoms with E-state index in [-0.39, 0.29) is 5.78 Å². The summed E-state index contributed by atoms with van der Waals surface area (Å²) in [5.41, 5.74) is 3.89. The molecule has 24 heavy (non-hydrogen) atoms. The van der Waals surface area contributed by atoms with Crippen molar-refractivity contribution in [1.82, 2.24) is 0 Å². The Morgan fingerprint density at radius 2 is 1.88 bits per heavy atom. The molecule has 0 N–H and O–H groups in total. The number of rotatable bonds is 3. The number of Topliss-reactive ketones (excluding diaryl/α,β-unsaturated/α-hetero) is 1. The fourth-order valence-electron chi connectivity index (χ4n) is 2.83. The molecule has 0 aromatic heterocycles. The van der Waals surface area contributed by atoms with Gasteiger partial charge in [-0.25, -0.2) is 4.99 Å². The van der Waals surface area contributed by atoms with E-state index in [2.05, 4.69) is 29.2 Å². The van der Waals surface area contributed by atoms with Crippen LogP contribution >= 0.6 is 11.8 Å². The van der Waals surface area contributed by atoms with Gasteiger partial charge >= 0.3 is 0 Å². The molecule has 4 rings (SSSR count). The van der Waals surface area contributed by atoms with Gasteiger partial charge in [0.15, 0.2) is 5.78 Å². The number of ketones is 1. The number of anilines is 1. The van der Waals surface area contributed by atoms with Crippen molar-refractivity contribution in [2.45, 2.75) is 0 Å².